The summed E-state index contributed by atoms with van der Waals surface area (Å²) in [6.45, 7) is 6.34. The van der Waals surface area contributed by atoms with Crippen LogP contribution in [0.4, 0.5) is 0 Å². The van der Waals surface area contributed by atoms with Gasteiger partial charge in [0.15, 0.2) is 6.10 Å². The second-order valence-electron chi connectivity index (χ2n) is 17.4. The molecule has 370 valence electrons. The van der Waals surface area contributed by atoms with Crippen LogP contribution in [0.2, 0.25) is 0 Å². The molecule has 0 spiro atoms. The second kappa shape index (κ2) is 52.9. The highest BCUT2D eigenvalue weighted by atomic mass is 16.6. The van der Waals surface area contributed by atoms with Crippen molar-refractivity contribution < 1.29 is 28.6 Å². The minimum Gasteiger partial charge on any atom is -0.462 e. The Bertz CT molecular complexity index is 1310. The van der Waals surface area contributed by atoms with E-state index in [9.17, 15) is 14.4 Å². The highest BCUT2D eigenvalue weighted by Gasteiger charge is 2.19. The van der Waals surface area contributed by atoms with Crippen LogP contribution in [-0.2, 0) is 28.6 Å². The van der Waals surface area contributed by atoms with E-state index >= 15 is 0 Å². The quantitative estimate of drug-likeness (QED) is 0.0262. The standard InChI is InChI=1S/C59H98O6/c1-4-7-10-13-16-19-22-25-27-28-29-30-32-34-37-40-43-46-49-52-58(61)64-55-56(54-63-57(60)51-48-45-42-39-36-33-24-21-18-15-12-9-6-3)65-59(62)53-50-47-44-41-38-35-31-26-23-20-17-14-11-8-5-2/h7,9-10,12,16,18-19,21,25,27,29-30,33,36,42,45,56H,4-6,8,11,13-15,17,20,22-24,26,28,31-32,34-35,37-41,43-44,46-55H2,1-3H3/b10-7-,12-9-,19-16-,21-18-,27-25-,30-29-,36-33-,45-42-. The first kappa shape index (κ1) is 61.3. The molecule has 0 saturated carbocycles. The van der Waals surface area contributed by atoms with Crippen molar-refractivity contribution in [1.82, 2.24) is 0 Å². The van der Waals surface area contributed by atoms with Crippen LogP contribution in [-0.4, -0.2) is 37.2 Å². The molecular weight excluding hydrogens is 805 g/mol. The molecule has 0 bridgehead atoms. The van der Waals surface area contributed by atoms with Crippen LogP contribution in [0.3, 0.4) is 0 Å². The number of allylic oxidation sites excluding steroid dienone is 16. The number of esters is 3. The fraction of sp³-hybridized carbons (Fsp3) is 0.678. The Labute approximate surface area is 400 Å². The van der Waals surface area contributed by atoms with Crippen molar-refractivity contribution in [2.24, 2.45) is 0 Å². The fourth-order valence-electron chi connectivity index (χ4n) is 7.15. The van der Waals surface area contributed by atoms with Crippen LogP contribution in [0, 0.1) is 0 Å². The van der Waals surface area contributed by atoms with Gasteiger partial charge in [0.05, 0.1) is 0 Å². The summed E-state index contributed by atoms with van der Waals surface area (Å²) in [5.74, 6) is -1.00. The smallest absolute Gasteiger partial charge is 0.306 e. The van der Waals surface area contributed by atoms with E-state index in [1.807, 2.05) is 12.2 Å². The van der Waals surface area contributed by atoms with Gasteiger partial charge in [-0.15, -0.1) is 0 Å². The van der Waals surface area contributed by atoms with E-state index in [0.29, 0.717) is 19.3 Å². The Hall–Kier alpha value is -3.67. The summed E-state index contributed by atoms with van der Waals surface area (Å²) in [5, 5.41) is 0. The normalized spacial score (nSPS) is 12.8. The maximum Gasteiger partial charge on any atom is 0.306 e. The van der Waals surface area contributed by atoms with E-state index < -0.39 is 6.10 Å². The van der Waals surface area contributed by atoms with Crippen LogP contribution in [0.15, 0.2) is 97.2 Å². The molecule has 6 nitrogen and oxygen atoms in total. The first-order chi connectivity index (χ1) is 32.0. The van der Waals surface area contributed by atoms with Gasteiger partial charge in [0.25, 0.3) is 0 Å². The number of hydrogen-bond donors (Lipinski definition) is 0. The molecular formula is C59H98O6. The van der Waals surface area contributed by atoms with Crippen molar-refractivity contribution >= 4 is 17.9 Å². The number of hydrogen-bond acceptors (Lipinski definition) is 6. The van der Waals surface area contributed by atoms with E-state index in [2.05, 4.69) is 106 Å². The summed E-state index contributed by atoms with van der Waals surface area (Å²) >= 11 is 0. The zero-order chi connectivity index (χ0) is 47.2. The van der Waals surface area contributed by atoms with Crippen LogP contribution >= 0.6 is 0 Å². The van der Waals surface area contributed by atoms with Crippen molar-refractivity contribution in [2.75, 3.05) is 13.2 Å². The molecule has 65 heavy (non-hydrogen) atoms. The number of unbranched alkanes of at least 4 members (excludes halogenated alkanes) is 20. The summed E-state index contributed by atoms with van der Waals surface area (Å²) in [7, 11) is 0. The van der Waals surface area contributed by atoms with Crippen LogP contribution in [0.25, 0.3) is 0 Å². The van der Waals surface area contributed by atoms with E-state index in [-0.39, 0.29) is 37.5 Å². The number of carbonyl (C=O) groups is 3. The van der Waals surface area contributed by atoms with Crippen molar-refractivity contribution in [2.45, 2.75) is 245 Å². The molecule has 1 atom stereocenters. The average molecular weight is 903 g/mol. The lowest BCUT2D eigenvalue weighted by molar-refractivity contribution is -0.166. The third-order valence-electron chi connectivity index (χ3n) is 11.1. The molecule has 0 N–H and O–H groups in total. The topological polar surface area (TPSA) is 78.9 Å². The molecule has 0 fully saturated rings. The van der Waals surface area contributed by atoms with Crippen LogP contribution < -0.4 is 0 Å². The minimum atomic E-state index is -0.811. The highest BCUT2D eigenvalue weighted by Crippen LogP contribution is 2.15. The molecule has 0 aliphatic carbocycles. The lowest BCUT2D eigenvalue weighted by atomic mass is 10.0. The van der Waals surface area contributed by atoms with Crippen molar-refractivity contribution in [1.29, 1.82) is 0 Å². The van der Waals surface area contributed by atoms with Crippen molar-refractivity contribution in [3.63, 3.8) is 0 Å². The Morgan fingerprint density at radius 1 is 0.323 bits per heavy atom. The molecule has 0 aliphatic heterocycles. The molecule has 0 aromatic rings. The summed E-state index contributed by atoms with van der Waals surface area (Å²) in [5.41, 5.74) is 0. The molecule has 0 amide bonds. The fourth-order valence-corrected chi connectivity index (χ4v) is 7.15. The third-order valence-corrected chi connectivity index (χ3v) is 11.1. The Morgan fingerprint density at radius 2 is 0.631 bits per heavy atom. The van der Waals surface area contributed by atoms with E-state index in [1.165, 1.54) is 89.9 Å². The molecule has 0 aliphatic rings. The SMILES string of the molecule is CC/C=C\C/C=C\C/C=C\C/C=C\CCCCCCCCC(=O)OCC(COC(=O)CC/C=C\C/C=C\C/C=C\C/C=C\CC)OC(=O)CCCCCCCCCCCCCCCCC. The first-order valence-corrected chi connectivity index (χ1v) is 26.7. The van der Waals surface area contributed by atoms with Gasteiger partial charge in [0.1, 0.15) is 13.2 Å². The highest BCUT2D eigenvalue weighted by molar-refractivity contribution is 5.71. The molecule has 0 aromatic carbocycles. The molecule has 6 heteroatoms. The monoisotopic (exact) mass is 903 g/mol. The Morgan fingerprint density at radius 3 is 1.03 bits per heavy atom. The predicted octanol–water partition coefficient (Wildman–Crippen LogP) is 17.8. The van der Waals surface area contributed by atoms with Crippen molar-refractivity contribution in [3.8, 4) is 0 Å². The molecule has 0 heterocycles. The van der Waals surface area contributed by atoms with Gasteiger partial charge in [0, 0.05) is 19.3 Å². The van der Waals surface area contributed by atoms with Gasteiger partial charge in [0.2, 0.25) is 0 Å². The second-order valence-corrected chi connectivity index (χ2v) is 17.4. The van der Waals surface area contributed by atoms with Gasteiger partial charge in [-0.25, -0.2) is 0 Å². The molecule has 0 radical (unpaired) electrons. The van der Waals surface area contributed by atoms with E-state index in [1.54, 1.807) is 0 Å². The largest absolute Gasteiger partial charge is 0.462 e. The van der Waals surface area contributed by atoms with Crippen molar-refractivity contribution in [3.05, 3.63) is 97.2 Å². The van der Waals surface area contributed by atoms with Gasteiger partial charge >= 0.3 is 17.9 Å². The van der Waals surface area contributed by atoms with Gasteiger partial charge in [-0.05, 0) is 83.5 Å². The zero-order valence-corrected chi connectivity index (χ0v) is 42.2. The molecule has 0 saturated heterocycles. The molecule has 1 unspecified atom stereocenters. The summed E-state index contributed by atoms with van der Waals surface area (Å²) in [6.07, 6.45) is 69.8. The average Bonchev–Trinajstić information content (AvgIpc) is 3.30. The van der Waals surface area contributed by atoms with Gasteiger partial charge in [-0.2, -0.15) is 0 Å². The van der Waals surface area contributed by atoms with E-state index in [4.69, 9.17) is 14.2 Å². The minimum absolute atomic E-state index is 0.106. The Balaban J connectivity index is 4.46. The molecule has 0 rings (SSSR count). The third kappa shape index (κ3) is 51.2. The number of rotatable bonds is 47. The van der Waals surface area contributed by atoms with Crippen LogP contribution in [0.5, 0.6) is 0 Å². The first-order valence-electron chi connectivity index (χ1n) is 26.7. The van der Waals surface area contributed by atoms with Gasteiger partial charge in [-0.3, -0.25) is 14.4 Å². The lowest BCUT2D eigenvalue weighted by Gasteiger charge is -2.18. The lowest BCUT2D eigenvalue weighted by Crippen LogP contribution is -2.30. The van der Waals surface area contributed by atoms with Crippen LogP contribution in [0.1, 0.15) is 239 Å². The number of ether oxygens (including phenoxy) is 3. The maximum absolute atomic E-state index is 12.8. The Kier molecular flexibility index (Phi) is 50.0. The van der Waals surface area contributed by atoms with E-state index in [0.717, 1.165) is 103 Å². The number of carbonyl (C=O) groups excluding carboxylic acids is 3. The summed E-state index contributed by atoms with van der Waals surface area (Å²) < 4.78 is 16.7. The summed E-state index contributed by atoms with van der Waals surface area (Å²) in [6, 6.07) is 0. The molecule has 0 aromatic heterocycles. The predicted molar refractivity (Wildman–Crippen MR) is 279 cm³/mol. The summed E-state index contributed by atoms with van der Waals surface area (Å²) in [4.78, 5) is 38.0. The zero-order valence-electron chi connectivity index (χ0n) is 42.2. The van der Waals surface area contributed by atoms with Gasteiger partial charge < -0.3 is 14.2 Å². The maximum atomic E-state index is 12.8. The van der Waals surface area contributed by atoms with Gasteiger partial charge in [-0.1, -0.05) is 234 Å².